The molecule has 22 heavy (non-hydrogen) atoms. The van der Waals surface area contributed by atoms with E-state index in [0.29, 0.717) is 24.8 Å². The van der Waals surface area contributed by atoms with Crippen molar-refractivity contribution in [3.05, 3.63) is 12.2 Å². The molecule has 1 unspecified atom stereocenters. The first kappa shape index (κ1) is 20.3. The van der Waals surface area contributed by atoms with Crippen LogP contribution in [-0.2, 0) is 19.1 Å². The lowest BCUT2D eigenvalue weighted by atomic mass is 9.80. The smallest absolute Gasteiger partial charge is 0.333 e. The second-order valence-electron chi connectivity index (χ2n) is 6.31. The number of amides is 1. The summed E-state index contributed by atoms with van der Waals surface area (Å²) >= 11 is 0. The van der Waals surface area contributed by atoms with E-state index in [2.05, 4.69) is 11.9 Å². The topological polar surface area (TPSA) is 72.5 Å². The van der Waals surface area contributed by atoms with Gasteiger partial charge in [0.1, 0.15) is 12.4 Å². The van der Waals surface area contributed by atoms with Gasteiger partial charge in [0, 0.05) is 23.3 Å². The minimum atomic E-state index is -0.456. The molecule has 1 amide bonds. The molecule has 0 saturated heterocycles. The van der Waals surface area contributed by atoms with E-state index in [9.17, 15) is 14.4 Å². The van der Waals surface area contributed by atoms with Gasteiger partial charge in [0.25, 0.3) is 0 Å². The highest BCUT2D eigenvalue weighted by molar-refractivity contribution is 5.87. The fraction of sp³-hybridized carbons (Fsp3) is 0.706. The Morgan fingerprint density at radius 1 is 1.27 bits per heavy atom. The van der Waals surface area contributed by atoms with Crippen LogP contribution in [0.5, 0.6) is 0 Å². The third kappa shape index (κ3) is 7.38. The molecule has 0 radical (unpaired) electrons. The molecule has 1 atom stereocenters. The molecule has 0 rings (SSSR count). The summed E-state index contributed by atoms with van der Waals surface area (Å²) < 4.78 is 4.90. The quantitative estimate of drug-likeness (QED) is 0.382. The molecular formula is C17H29NO4. The molecule has 0 aliphatic heterocycles. The number of esters is 1. The van der Waals surface area contributed by atoms with E-state index >= 15 is 0 Å². The summed E-state index contributed by atoms with van der Waals surface area (Å²) in [6, 6.07) is 0. The highest BCUT2D eigenvalue weighted by atomic mass is 16.5. The van der Waals surface area contributed by atoms with E-state index in [1.165, 1.54) is 0 Å². The lowest BCUT2D eigenvalue weighted by Crippen LogP contribution is -2.33. The van der Waals surface area contributed by atoms with E-state index in [4.69, 9.17) is 4.74 Å². The maximum atomic E-state index is 11.9. The van der Waals surface area contributed by atoms with Crippen molar-refractivity contribution in [2.75, 3.05) is 13.2 Å². The van der Waals surface area contributed by atoms with Crippen LogP contribution >= 0.6 is 0 Å². The fourth-order valence-corrected chi connectivity index (χ4v) is 1.94. The van der Waals surface area contributed by atoms with Crippen LogP contribution in [0.4, 0.5) is 0 Å². The zero-order chi connectivity index (χ0) is 17.3. The lowest BCUT2D eigenvalue weighted by Gasteiger charge is -2.24. The highest BCUT2D eigenvalue weighted by Gasteiger charge is 2.27. The second kappa shape index (κ2) is 9.38. The predicted molar refractivity (Wildman–Crippen MR) is 86.3 cm³/mol. The summed E-state index contributed by atoms with van der Waals surface area (Å²) in [5, 5.41) is 2.73. The van der Waals surface area contributed by atoms with Crippen LogP contribution in [0.2, 0.25) is 0 Å². The van der Waals surface area contributed by atoms with Crippen molar-refractivity contribution >= 4 is 17.7 Å². The van der Waals surface area contributed by atoms with Crippen molar-refractivity contribution in [3.63, 3.8) is 0 Å². The molecular weight excluding hydrogens is 282 g/mol. The number of carbonyl (C=O) groups excluding carboxylic acids is 3. The average Bonchev–Trinajstić information content (AvgIpc) is 2.47. The predicted octanol–water partition coefficient (Wildman–Crippen LogP) is 2.64. The third-order valence-corrected chi connectivity index (χ3v) is 3.71. The van der Waals surface area contributed by atoms with Crippen LogP contribution in [-0.4, -0.2) is 30.8 Å². The molecule has 5 nitrogen and oxygen atoms in total. The molecule has 1 N–H and O–H groups in total. The molecule has 0 heterocycles. The van der Waals surface area contributed by atoms with Crippen LogP contribution in [0.3, 0.4) is 0 Å². The third-order valence-electron chi connectivity index (χ3n) is 3.71. The standard InChI is InChI=1S/C17H29NO4/c1-7-14(19)17(5,6)9-8-13(4)15(20)18-10-11-22-16(21)12(2)3/h13H,2,7-11H2,1,3-6H3,(H,18,20). The molecule has 0 aromatic carbocycles. The first-order chi connectivity index (χ1) is 10.1. The normalized spacial score (nSPS) is 12.4. The summed E-state index contributed by atoms with van der Waals surface area (Å²) in [7, 11) is 0. The maximum Gasteiger partial charge on any atom is 0.333 e. The van der Waals surface area contributed by atoms with Gasteiger partial charge in [0.2, 0.25) is 5.91 Å². The Hall–Kier alpha value is -1.65. The number of ketones is 1. The number of nitrogens with one attached hydrogen (secondary N) is 1. The number of Topliss-reactive ketones (excluding diaryl/α,β-unsaturated/α-hetero) is 1. The van der Waals surface area contributed by atoms with Gasteiger partial charge in [-0.2, -0.15) is 0 Å². The number of carbonyl (C=O) groups is 3. The second-order valence-corrected chi connectivity index (χ2v) is 6.31. The number of hydrogen-bond acceptors (Lipinski definition) is 4. The molecule has 0 aliphatic carbocycles. The van der Waals surface area contributed by atoms with Gasteiger partial charge >= 0.3 is 5.97 Å². The molecule has 5 heteroatoms. The molecule has 0 spiro atoms. The van der Waals surface area contributed by atoms with Gasteiger partial charge in [-0.3, -0.25) is 9.59 Å². The zero-order valence-corrected chi connectivity index (χ0v) is 14.5. The van der Waals surface area contributed by atoms with Gasteiger partial charge in [0.15, 0.2) is 0 Å². The minimum Gasteiger partial charge on any atom is -0.460 e. The molecule has 0 aliphatic rings. The van der Waals surface area contributed by atoms with Crippen LogP contribution in [0.25, 0.3) is 0 Å². The van der Waals surface area contributed by atoms with Crippen LogP contribution in [0, 0.1) is 11.3 Å². The molecule has 0 saturated carbocycles. The zero-order valence-electron chi connectivity index (χ0n) is 14.5. The first-order valence-corrected chi connectivity index (χ1v) is 7.75. The Labute approximate surface area is 133 Å². The van der Waals surface area contributed by atoms with Gasteiger partial charge in [0.05, 0.1) is 6.54 Å². The van der Waals surface area contributed by atoms with Crippen molar-refractivity contribution in [2.45, 2.75) is 53.9 Å². The van der Waals surface area contributed by atoms with Crippen LogP contribution in [0.1, 0.15) is 53.9 Å². The van der Waals surface area contributed by atoms with Crippen LogP contribution in [0.15, 0.2) is 12.2 Å². The Kier molecular flexibility index (Phi) is 8.68. The summed E-state index contributed by atoms with van der Waals surface area (Å²) in [5.41, 5.74) is -0.0529. The van der Waals surface area contributed by atoms with E-state index in [-0.39, 0.29) is 36.2 Å². The van der Waals surface area contributed by atoms with E-state index in [1.807, 2.05) is 27.7 Å². The van der Waals surface area contributed by atoms with Crippen molar-refractivity contribution in [1.82, 2.24) is 5.32 Å². The first-order valence-electron chi connectivity index (χ1n) is 7.75. The summed E-state index contributed by atoms with van der Waals surface area (Å²) in [4.78, 5) is 34.9. The van der Waals surface area contributed by atoms with Gasteiger partial charge in [-0.25, -0.2) is 4.79 Å². The van der Waals surface area contributed by atoms with E-state index < -0.39 is 5.97 Å². The van der Waals surface area contributed by atoms with Gasteiger partial charge in [-0.05, 0) is 19.8 Å². The molecule has 0 aromatic rings. The van der Waals surface area contributed by atoms with Crippen molar-refractivity contribution in [1.29, 1.82) is 0 Å². The van der Waals surface area contributed by atoms with Crippen molar-refractivity contribution < 1.29 is 19.1 Å². The number of rotatable bonds is 10. The Morgan fingerprint density at radius 2 is 1.86 bits per heavy atom. The highest BCUT2D eigenvalue weighted by Crippen LogP contribution is 2.27. The number of ether oxygens (including phenoxy) is 1. The summed E-state index contributed by atoms with van der Waals surface area (Å²) in [5.74, 6) is -0.513. The lowest BCUT2D eigenvalue weighted by molar-refractivity contribution is -0.139. The van der Waals surface area contributed by atoms with Crippen molar-refractivity contribution in [2.24, 2.45) is 11.3 Å². The molecule has 0 fully saturated rings. The largest absolute Gasteiger partial charge is 0.460 e. The summed E-state index contributed by atoms with van der Waals surface area (Å²) in [6.07, 6.45) is 1.84. The van der Waals surface area contributed by atoms with E-state index in [0.717, 1.165) is 0 Å². The number of hydrogen-bond donors (Lipinski definition) is 1. The van der Waals surface area contributed by atoms with Crippen molar-refractivity contribution in [3.8, 4) is 0 Å². The van der Waals surface area contributed by atoms with Crippen LogP contribution < -0.4 is 5.32 Å². The van der Waals surface area contributed by atoms with Gasteiger partial charge in [-0.15, -0.1) is 0 Å². The Morgan fingerprint density at radius 3 is 2.36 bits per heavy atom. The minimum absolute atomic E-state index is 0.0916. The Bertz CT molecular complexity index is 426. The maximum absolute atomic E-state index is 11.9. The summed E-state index contributed by atoms with van der Waals surface area (Å²) in [6.45, 7) is 13.0. The SMILES string of the molecule is C=C(C)C(=O)OCCNC(=O)C(C)CCC(C)(C)C(=O)CC. The van der Waals surface area contributed by atoms with E-state index in [1.54, 1.807) is 6.92 Å². The monoisotopic (exact) mass is 311 g/mol. The van der Waals surface area contributed by atoms with Gasteiger partial charge < -0.3 is 10.1 Å². The Balaban J connectivity index is 4.05. The fourth-order valence-electron chi connectivity index (χ4n) is 1.94. The molecule has 126 valence electrons. The average molecular weight is 311 g/mol. The molecule has 0 aromatic heterocycles. The van der Waals surface area contributed by atoms with Gasteiger partial charge in [-0.1, -0.05) is 34.3 Å². The molecule has 0 bridgehead atoms.